The predicted molar refractivity (Wildman–Crippen MR) is 73.1 cm³/mol. The molecule has 0 atom stereocenters. The third kappa shape index (κ3) is 4.30. The van der Waals surface area contributed by atoms with E-state index in [-0.39, 0.29) is 5.82 Å². The third-order valence-electron chi connectivity index (χ3n) is 3.53. The van der Waals surface area contributed by atoms with Gasteiger partial charge in [-0.05, 0) is 69.2 Å². The van der Waals surface area contributed by atoms with Crippen molar-refractivity contribution in [3.63, 3.8) is 0 Å². The molecule has 0 aromatic heterocycles. The molecule has 0 radical (unpaired) electrons. The van der Waals surface area contributed by atoms with Crippen molar-refractivity contribution in [1.82, 2.24) is 10.2 Å². The Kier molecular flexibility index (Phi) is 5.31. The molecule has 1 saturated heterocycles. The lowest BCUT2D eigenvalue weighted by atomic mass is 10.1. The van der Waals surface area contributed by atoms with E-state index >= 15 is 0 Å². The van der Waals surface area contributed by atoms with Crippen molar-refractivity contribution in [1.29, 1.82) is 5.26 Å². The Hall–Kier alpha value is -1.44. The summed E-state index contributed by atoms with van der Waals surface area (Å²) in [6.45, 7) is 5.03. The fourth-order valence-electron chi connectivity index (χ4n) is 2.47. The molecular weight excluding hydrogens is 241 g/mol. The number of benzene rings is 1. The van der Waals surface area contributed by atoms with Crippen molar-refractivity contribution in [3.8, 4) is 6.07 Å². The van der Waals surface area contributed by atoms with Crippen LogP contribution >= 0.6 is 0 Å². The molecule has 0 amide bonds. The van der Waals surface area contributed by atoms with Crippen LogP contribution in [0.2, 0.25) is 0 Å². The number of halogens is 1. The van der Waals surface area contributed by atoms with Crippen LogP contribution in [0.4, 0.5) is 4.39 Å². The number of hydrogen-bond acceptors (Lipinski definition) is 3. The second kappa shape index (κ2) is 7.22. The number of rotatable bonds is 6. The maximum Gasteiger partial charge on any atom is 0.123 e. The molecular formula is C15H20FN3. The van der Waals surface area contributed by atoms with Gasteiger partial charge in [0.2, 0.25) is 0 Å². The minimum atomic E-state index is -0.284. The Morgan fingerprint density at radius 2 is 2.11 bits per heavy atom. The number of likely N-dealkylation sites (tertiary alicyclic amines) is 1. The summed E-state index contributed by atoms with van der Waals surface area (Å²) in [5, 5.41) is 12.2. The molecule has 1 aromatic carbocycles. The molecule has 19 heavy (non-hydrogen) atoms. The minimum absolute atomic E-state index is 0.284. The zero-order chi connectivity index (χ0) is 13.5. The van der Waals surface area contributed by atoms with E-state index in [0.717, 1.165) is 25.1 Å². The Morgan fingerprint density at radius 1 is 1.32 bits per heavy atom. The third-order valence-corrected chi connectivity index (χ3v) is 3.53. The Labute approximate surface area is 114 Å². The van der Waals surface area contributed by atoms with E-state index in [4.69, 9.17) is 5.26 Å². The molecule has 4 heteroatoms. The van der Waals surface area contributed by atoms with Crippen molar-refractivity contribution in [3.05, 3.63) is 35.1 Å². The lowest BCUT2D eigenvalue weighted by Crippen LogP contribution is -2.24. The van der Waals surface area contributed by atoms with Crippen molar-refractivity contribution in [2.75, 3.05) is 26.2 Å². The standard InChI is InChI=1S/C15H20FN3/c16-15-5-4-13(11-17)14(10-15)12-18-6-3-9-19-7-1-2-8-19/h4-5,10,18H,1-3,6-9,12H2. The molecule has 1 heterocycles. The van der Waals surface area contributed by atoms with E-state index in [9.17, 15) is 4.39 Å². The molecule has 0 spiro atoms. The molecule has 1 N–H and O–H groups in total. The fourth-order valence-corrected chi connectivity index (χ4v) is 2.47. The number of nitriles is 1. The normalized spacial score (nSPS) is 15.6. The highest BCUT2D eigenvalue weighted by Crippen LogP contribution is 2.10. The van der Waals surface area contributed by atoms with Gasteiger partial charge in [0.15, 0.2) is 0 Å². The highest BCUT2D eigenvalue weighted by atomic mass is 19.1. The van der Waals surface area contributed by atoms with Gasteiger partial charge in [-0.25, -0.2) is 4.39 Å². The number of hydrogen-bond donors (Lipinski definition) is 1. The molecule has 1 aromatic rings. The molecule has 102 valence electrons. The fraction of sp³-hybridized carbons (Fsp3) is 0.533. The minimum Gasteiger partial charge on any atom is -0.313 e. The van der Waals surface area contributed by atoms with Crippen molar-refractivity contribution >= 4 is 0 Å². The van der Waals surface area contributed by atoms with E-state index < -0.39 is 0 Å². The lowest BCUT2D eigenvalue weighted by Gasteiger charge is -2.14. The van der Waals surface area contributed by atoms with E-state index in [1.165, 1.54) is 44.1 Å². The van der Waals surface area contributed by atoms with Gasteiger partial charge in [0.05, 0.1) is 11.6 Å². The topological polar surface area (TPSA) is 39.1 Å². The van der Waals surface area contributed by atoms with Gasteiger partial charge >= 0.3 is 0 Å². The summed E-state index contributed by atoms with van der Waals surface area (Å²) in [5.74, 6) is -0.284. The molecule has 1 fully saturated rings. The van der Waals surface area contributed by atoms with E-state index in [1.54, 1.807) is 0 Å². The second-order valence-electron chi connectivity index (χ2n) is 4.99. The Bertz CT molecular complexity index is 447. The second-order valence-corrected chi connectivity index (χ2v) is 4.99. The highest BCUT2D eigenvalue weighted by Gasteiger charge is 2.10. The van der Waals surface area contributed by atoms with Gasteiger partial charge in [0.1, 0.15) is 5.82 Å². The molecule has 1 aliphatic heterocycles. The predicted octanol–water partition coefficient (Wildman–Crippen LogP) is 2.27. The zero-order valence-corrected chi connectivity index (χ0v) is 11.2. The van der Waals surface area contributed by atoms with Gasteiger partial charge < -0.3 is 10.2 Å². The largest absolute Gasteiger partial charge is 0.313 e. The average Bonchev–Trinajstić information content (AvgIpc) is 2.92. The Balaban J connectivity index is 1.70. The lowest BCUT2D eigenvalue weighted by molar-refractivity contribution is 0.331. The smallest absolute Gasteiger partial charge is 0.123 e. The van der Waals surface area contributed by atoms with E-state index in [0.29, 0.717) is 12.1 Å². The molecule has 0 aliphatic carbocycles. The van der Waals surface area contributed by atoms with Gasteiger partial charge in [-0.2, -0.15) is 5.26 Å². The number of nitrogens with one attached hydrogen (secondary N) is 1. The molecule has 2 rings (SSSR count). The summed E-state index contributed by atoms with van der Waals surface area (Å²) in [7, 11) is 0. The van der Waals surface area contributed by atoms with Crippen LogP contribution in [0.3, 0.4) is 0 Å². The van der Waals surface area contributed by atoms with Crippen LogP contribution in [0, 0.1) is 17.1 Å². The van der Waals surface area contributed by atoms with Crippen molar-refractivity contribution < 1.29 is 4.39 Å². The summed E-state index contributed by atoms with van der Waals surface area (Å²) in [5.41, 5.74) is 1.29. The van der Waals surface area contributed by atoms with Crippen LogP contribution in [-0.4, -0.2) is 31.1 Å². The van der Waals surface area contributed by atoms with Gasteiger partial charge in [-0.1, -0.05) is 0 Å². The first-order valence-electron chi connectivity index (χ1n) is 6.91. The molecule has 1 aliphatic rings. The molecule has 0 bridgehead atoms. The highest BCUT2D eigenvalue weighted by molar-refractivity contribution is 5.37. The van der Waals surface area contributed by atoms with Gasteiger partial charge in [-0.15, -0.1) is 0 Å². The Morgan fingerprint density at radius 3 is 2.84 bits per heavy atom. The van der Waals surface area contributed by atoms with Crippen LogP contribution < -0.4 is 5.32 Å². The monoisotopic (exact) mass is 261 g/mol. The summed E-state index contributed by atoms with van der Waals surface area (Å²) in [4.78, 5) is 2.48. The SMILES string of the molecule is N#Cc1ccc(F)cc1CNCCCN1CCCC1. The van der Waals surface area contributed by atoms with Crippen LogP contribution in [-0.2, 0) is 6.54 Å². The summed E-state index contributed by atoms with van der Waals surface area (Å²) >= 11 is 0. The van der Waals surface area contributed by atoms with Crippen molar-refractivity contribution in [2.45, 2.75) is 25.8 Å². The zero-order valence-electron chi connectivity index (χ0n) is 11.2. The average molecular weight is 261 g/mol. The maximum absolute atomic E-state index is 13.1. The van der Waals surface area contributed by atoms with Crippen LogP contribution in [0.5, 0.6) is 0 Å². The van der Waals surface area contributed by atoms with Gasteiger partial charge in [-0.3, -0.25) is 0 Å². The van der Waals surface area contributed by atoms with E-state index in [1.807, 2.05) is 0 Å². The summed E-state index contributed by atoms with van der Waals surface area (Å²) in [6, 6.07) is 6.40. The maximum atomic E-state index is 13.1. The van der Waals surface area contributed by atoms with Gasteiger partial charge in [0.25, 0.3) is 0 Å². The van der Waals surface area contributed by atoms with E-state index in [2.05, 4.69) is 16.3 Å². The molecule has 3 nitrogen and oxygen atoms in total. The molecule has 0 unspecified atom stereocenters. The first-order valence-corrected chi connectivity index (χ1v) is 6.91. The first-order chi connectivity index (χ1) is 9.29. The van der Waals surface area contributed by atoms with Gasteiger partial charge in [0, 0.05) is 6.54 Å². The summed E-state index contributed by atoms with van der Waals surface area (Å²) < 4.78 is 13.1. The summed E-state index contributed by atoms with van der Waals surface area (Å²) in [6.07, 6.45) is 3.74. The quantitative estimate of drug-likeness (QED) is 0.798. The molecule has 0 saturated carbocycles. The van der Waals surface area contributed by atoms with Crippen LogP contribution in [0.1, 0.15) is 30.4 Å². The van der Waals surface area contributed by atoms with Crippen LogP contribution in [0.15, 0.2) is 18.2 Å². The number of nitrogens with zero attached hydrogens (tertiary/aromatic N) is 2. The van der Waals surface area contributed by atoms with Crippen LogP contribution in [0.25, 0.3) is 0 Å². The van der Waals surface area contributed by atoms with Crippen molar-refractivity contribution in [2.24, 2.45) is 0 Å². The first kappa shape index (κ1) is 14.0.